The van der Waals surface area contributed by atoms with E-state index in [1.54, 1.807) is 0 Å². The summed E-state index contributed by atoms with van der Waals surface area (Å²) in [4.78, 5) is 0. The standard InChI is InChI=1S/C17H37NO/c1-6-9-10-11-12-13-14-15-16(18-5)17(4,7-2)19-8-3/h16,18H,6-15H2,1-5H3. The highest BCUT2D eigenvalue weighted by Crippen LogP contribution is 2.24. The summed E-state index contributed by atoms with van der Waals surface area (Å²) in [5, 5.41) is 3.46. The summed E-state index contributed by atoms with van der Waals surface area (Å²) in [6, 6.07) is 0.480. The molecule has 0 amide bonds. The summed E-state index contributed by atoms with van der Waals surface area (Å²) in [5.74, 6) is 0. The van der Waals surface area contributed by atoms with Gasteiger partial charge in [-0.15, -0.1) is 0 Å². The molecule has 0 saturated carbocycles. The van der Waals surface area contributed by atoms with Crippen molar-refractivity contribution in [3.63, 3.8) is 0 Å². The topological polar surface area (TPSA) is 21.3 Å². The van der Waals surface area contributed by atoms with Crippen molar-refractivity contribution in [2.75, 3.05) is 13.7 Å². The highest BCUT2D eigenvalue weighted by atomic mass is 16.5. The molecule has 2 heteroatoms. The van der Waals surface area contributed by atoms with Crippen molar-refractivity contribution in [2.24, 2.45) is 0 Å². The van der Waals surface area contributed by atoms with Crippen molar-refractivity contribution in [3.8, 4) is 0 Å². The Balaban J connectivity index is 3.86. The monoisotopic (exact) mass is 271 g/mol. The van der Waals surface area contributed by atoms with Crippen LogP contribution in [0, 0.1) is 0 Å². The molecule has 2 nitrogen and oxygen atoms in total. The Morgan fingerprint density at radius 1 is 0.947 bits per heavy atom. The van der Waals surface area contributed by atoms with Crippen molar-refractivity contribution >= 4 is 0 Å². The molecule has 0 bridgehead atoms. The predicted molar refractivity (Wildman–Crippen MR) is 85.8 cm³/mol. The number of rotatable bonds is 13. The molecule has 0 spiro atoms. The molecule has 1 N–H and O–H groups in total. The van der Waals surface area contributed by atoms with Crippen LogP contribution in [0.15, 0.2) is 0 Å². The molecule has 0 aromatic carbocycles. The molecule has 19 heavy (non-hydrogen) atoms. The zero-order valence-corrected chi connectivity index (χ0v) is 14.1. The maximum atomic E-state index is 5.98. The molecule has 0 aliphatic rings. The van der Waals surface area contributed by atoms with Crippen LogP contribution in [0.3, 0.4) is 0 Å². The molecule has 0 saturated heterocycles. The minimum atomic E-state index is -0.00822. The van der Waals surface area contributed by atoms with Crippen LogP contribution in [0.25, 0.3) is 0 Å². The fourth-order valence-electron chi connectivity index (χ4n) is 2.84. The molecule has 0 aromatic heterocycles. The van der Waals surface area contributed by atoms with Gasteiger partial charge in [0.25, 0.3) is 0 Å². The number of unbranched alkanes of at least 4 members (excludes halogenated alkanes) is 6. The molecule has 0 fully saturated rings. The third kappa shape index (κ3) is 7.94. The Bertz CT molecular complexity index is 196. The Kier molecular flexibility index (Phi) is 11.7. The van der Waals surface area contributed by atoms with E-state index in [9.17, 15) is 0 Å². The lowest BCUT2D eigenvalue weighted by Gasteiger charge is -2.37. The summed E-state index contributed by atoms with van der Waals surface area (Å²) in [6.45, 7) is 9.65. The number of hydrogen-bond donors (Lipinski definition) is 1. The Labute approximate surface area is 121 Å². The number of hydrogen-bond acceptors (Lipinski definition) is 2. The van der Waals surface area contributed by atoms with Crippen molar-refractivity contribution in [1.82, 2.24) is 5.32 Å². The molecule has 0 aromatic rings. The van der Waals surface area contributed by atoms with Gasteiger partial charge < -0.3 is 10.1 Å². The van der Waals surface area contributed by atoms with Gasteiger partial charge >= 0.3 is 0 Å². The van der Waals surface area contributed by atoms with E-state index >= 15 is 0 Å². The Hall–Kier alpha value is -0.0800. The van der Waals surface area contributed by atoms with Crippen molar-refractivity contribution in [3.05, 3.63) is 0 Å². The highest BCUT2D eigenvalue weighted by Gasteiger charge is 2.31. The van der Waals surface area contributed by atoms with E-state index in [1.807, 2.05) is 0 Å². The van der Waals surface area contributed by atoms with E-state index in [2.05, 4.69) is 40.1 Å². The molecule has 2 unspecified atom stereocenters. The van der Waals surface area contributed by atoms with Crippen LogP contribution in [0.5, 0.6) is 0 Å². The molecule has 116 valence electrons. The quantitative estimate of drug-likeness (QED) is 0.480. The van der Waals surface area contributed by atoms with Crippen molar-refractivity contribution in [1.29, 1.82) is 0 Å². The summed E-state index contributed by atoms with van der Waals surface area (Å²) in [7, 11) is 2.07. The van der Waals surface area contributed by atoms with Crippen LogP contribution in [-0.4, -0.2) is 25.3 Å². The SMILES string of the molecule is CCCCCCCCCC(NC)C(C)(CC)OCC. The van der Waals surface area contributed by atoms with E-state index in [-0.39, 0.29) is 5.60 Å². The third-order valence-corrected chi connectivity index (χ3v) is 4.36. The number of nitrogens with one attached hydrogen (secondary N) is 1. The van der Waals surface area contributed by atoms with Crippen molar-refractivity contribution < 1.29 is 4.74 Å². The highest BCUT2D eigenvalue weighted by molar-refractivity contribution is 4.87. The van der Waals surface area contributed by atoms with Gasteiger partial charge in [-0.25, -0.2) is 0 Å². The average Bonchev–Trinajstić information content (AvgIpc) is 2.42. The fourth-order valence-corrected chi connectivity index (χ4v) is 2.84. The summed E-state index contributed by atoms with van der Waals surface area (Å²) in [5.41, 5.74) is -0.00822. The third-order valence-electron chi connectivity index (χ3n) is 4.36. The van der Waals surface area contributed by atoms with Gasteiger partial charge in [-0.1, -0.05) is 58.8 Å². The lowest BCUT2D eigenvalue weighted by molar-refractivity contribution is -0.0558. The molecule has 0 heterocycles. The molecular weight excluding hydrogens is 234 g/mol. The van der Waals surface area contributed by atoms with Crippen LogP contribution in [-0.2, 0) is 4.74 Å². The van der Waals surface area contributed by atoms with Crippen LogP contribution in [0.2, 0.25) is 0 Å². The Morgan fingerprint density at radius 2 is 1.53 bits per heavy atom. The molecule has 2 atom stereocenters. The molecule has 0 radical (unpaired) electrons. The lowest BCUT2D eigenvalue weighted by atomic mass is 9.89. The first-order valence-corrected chi connectivity index (χ1v) is 8.45. The van der Waals surface area contributed by atoms with Crippen LogP contribution < -0.4 is 5.32 Å². The number of likely N-dealkylation sites (N-methyl/N-ethyl adjacent to an activating group) is 1. The summed E-state index contributed by atoms with van der Waals surface area (Å²) < 4.78 is 5.98. The van der Waals surface area contributed by atoms with E-state index in [0.717, 1.165) is 13.0 Å². The smallest absolute Gasteiger partial charge is 0.0803 e. The molecule has 0 aliphatic heterocycles. The second kappa shape index (κ2) is 11.7. The van der Waals surface area contributed by atoms with Gasteiger partial charge in [0.2, 0.25) is 0 Å². The number of ether oxygens (including phenoxy) is 1. The first kappa shape index (κ1) is 18.9. The molecule has 0 aliphatic carbocycles. The van der Waals surface area contributed by atoms with E-state index in [1.165, 1.54) is 51.4 Å². The van der Waals surface area contributed by atoms with Gasteiger partial charge in [-0.05, 0) is 33.7 Å². The molecule has 0 rings (SSSR count). The summed E-state index contributed by atoms with van der Waals surface area (Å²) >= 11 is 0. The van der Waals surface area contributed by atoms with E-state index in [0.29, 0.717) is 6.04 Å². The van der Waals surface area contributed by atoms with Gasteiger partial charge in [0.1, 0.15) is 0 Å². The largest absolute Gasteiger partial charge is 0.374 e. The zero-order chi connectivity index (χ0) is 14.6. The van der Waals surface area contributed by atoms with Gasteiger partial charge in [-0.2, -0.15) is 0 Å². The minimum absolute atomic E-state index is 0.00822. The van der Waals surface area contributed by atoms with Gasteiger partial charge in [0.05, 0.1) is 5.60 Å². The van der Waals surface area contributed by atoms with Crippen LogP contribution in [0.1, 0.15) is 85.5 Å². The summed E-state index contributed by atoms with van der Waals surface area (Å²) in [6.07, 6.45) is 12.0. The fraction of sp³-hybridized carbons (Fsp3) is 1.00. The van der Waals surface area contributed by atoms with Crippen molar-refractivity contribution in [2.45, 2.75) is 97.1 Å². The van der Waals surface area contributed by atoms with Crippen LogP contribution in [0.4, 0.5) is 0 Å². The van der Waals surface area contributed by atoms with E-state index < -0.39 is 0 Å². The lowest BCUT2D eigenvalue weighted by Crippen LogP contribution is -2.49. The van der Waals surface area contributed by atoms with Gasteiger partial charge in [0.15, 0.2) is 0 Å². The first-order valence-electron chi connectivity index (χ1n) is 8.45. The maximum Gasteiger partial charge on any atom is 0.0803 e. The first-order chi connectivity index (χ1) is 9.14. The van der Waals surface area contributed by atoms with E-state index in [4.69, 9.17) is 4.74 Å². The minimum Gasteiger partial charge on any atom is -0.374 e. The maximum absolute atomic E-state index is 5.98. The van der Waals surface area contributed by atoms with Gasteiger partial charge in [0, 0.05) is 12.6 Å². The van der Waals surface area contributed by atoms with Crippen LogP contribution >= 0.6 is 0 Å². The molecular formula is C17H37NO. The second-order valence-electron chi connectivity index (χ2n) is 5.85. The predicted octanol–water partition coefficient (Wildman–Crippen LogP) is 4.92. The normalized spacial score (nSPS) is 16.3. The Morgan fingerprint density at radius 3 is 2.00 bits per heavy atom. The second-order valence-corrected chi connectivity index (χ2v) is 5.85. The average molecular weight is 271 g/mol. The zero-order valence-electron chi connectivity index (χ0n) is 14.1. The van der Waals surface area contributed by atoms with Gasteiger partial charge in [-0.3, -0.25) is 0 Å².